The van der Waals surface area contributed by atoms with E-state index >= 15 is 0 Å². The van der Waals surface area contributed by atoms with Gasteiger partial charge in [-0.1, -0.05) is 18.6 Å². The summed E-state index contributed by atoms with van der Waals surface area (Å²) in [4.78, 5) is 15.6. The predicted octanol–water partition coefficient (Wildman–Crippen LogP) is 4.44. The first-order chi connectivity index (χ1) is 15.6. The summed E-state index contributed by atoms with van der Waals surface area (Å²) in [7, 11) is 4.61. The number of ether oxygens (including phenoxy) is 4. The molecule has 1 aliphatic heterocycles. The van der Waals surface area contributed by atoms with Gasteiger partial charge in [0.2, 0.25) is 11.5 Å². The highest BCUT2D eigenvalue weighted by atomic mass is 35.5. The quantitative estimate of drug-likeness (QED) is 0.606. The van der Waals surface area contributed by atoms with Crippen molar-refractivity contribution in [2.75, 3.05) is 34.4 Å². The number of amides is 1. The summed E-state index contributed by atoms with van der Waals surface area (Å²) in [6.45, 7) is 1.38. The maximum absolute atomic E-state index is 13.6. The minimum Gasteiger partial charge on any atom is -0.492 e. The van der Waals surface area contributed by atoms with Gasteiger partial charge in [0, 0.05) is 18.7 Å². The average molecular weight is 477 g/mol. The summed E-state index contributed by atoms with van der Waals surface area (Å²) in [5.74, 6) is 2.66. The molecule has 33 heavy (non-hydrogen) atoms. The number of halogens is 1. The Morgan fingerprint density at radius 1 is 1.03 bits per heavy atom. The van der Waals surface area contributed by atoms with Crippen molar-refractivity contribution in [3.05, 3.63) is 41.5 Å². The Morgan fingerprint density at radius 3 is 2.33 bits per heavy atom. The monoisotopic (exact) mass is 476 g/mol. The fourth-order valence-corrected chi connectivity index (χ4v) is 4.98. The summed E-state index contributed by atoms with van der Waals surface area (Å²) in [6.07, 6.45) is 5.31. The van der Waals surface area contributed by atoms with Crippen molar-refractivity contribution >= 4 is 18.3 Å². The Bertz CT molecular complexity index is 966. The van der Waals surface area contributed by atoms with Gasteiger partial charge >= 0.3 is 0 Å². The average Bonchev–Trinajstić information content (AvgIpc) is 3.11. The van der Waals surface area contributed by atoms with Gasteiger partial charge in [-0.15, -0.1) is 12.4 Å². The molecule has 1 aliphatic carbocycles. The molecule has 4 rings (SSSR count). The van der Waals surface area contributed by atoms with E-state index in [2.05, 4.69) is 0 Å². The number of hydrogen-bond acceptors (Lipinski definition) is 6. The second-order valence-electron chi connectivity index (χ2n) is 8.45. The molecule has 8 heteroatoms. The van der Waals surface area contributed by atoms with Gasteiger partial charge in [0.1, 0.15) is 5.75 Å². The minimum atomic E-state index is -0.0552. The van der Waals surface area contributed by atoms with Gasteiger partial charge in [0.25, 0.3) is 5.91 Å². The zero-order valence-corrected chi connectivity index (χ0v) is 20.3. The van der Waals surface area contributed by atoms with Crippen LogP contribution >= 0.6 is 12.4 Å². The second kappa shape index (κ2) is 11.0. The van der Waals surface area contributed by atoms with Crippen LogP contribution in [0.15, 0.2) is 30.3 Å². The molecule has 1 amide bonds. The maximum atomic E-state index is 13.6. The van der Waals surface area contributed by atoms with Crippen LogP contribution in [0.25, 0.3) is 0 Å². The third-order valence-electron chi connectivity index (χ3n) is 6.49. The summed E-state index contributed by atoms with van der Waals surface area (Å²) in [5.41, 5.74) is 7.20. The number of nitrogens with two attached hydrogens (primary N) is 1. The van der Waals surface area contributed by atoms with Crippen LogP contribution in [-0.4, -0.2) is 51.3 Å². The van der Waals surface area contributed by atoms with E-state index in [0.29, 0.717) is 52.8 Å². The van der Waals surface area contributed by atoms with Crippen molar-refractivity contribution < 1.29 is 23.7 Å². The maximum Gasteiger partial charge on any atom is 0.258 e. The van der Waals surface area contributed by atoms with Crippen LogP contribution in [0.1, 0.15) is 41.6 Å². The van der Waals surface area contributed by atoms with Gasteiger partial charge in [-0.05, 0) is 55.8 Å². The molecular formula is C25H33ClN2O5. The van der Waals surface area contributed by atoms with Gasteiger partial charge in [-0.2, -0.15) is 0 Å². The second-order valence-corrected chi connectivity index (χ2v) is 8.45. The van der Waals surface area contributed by atoms with Crippen LogP contribution in [0.5, 0.6) is 28.7 Å². The van der Waals surface area contributed by atoms with Crippen LogP contribution in [0.4, 0.5) is 0 Å². The molecule has 2 atom stereocenters. The lowest BCUT2D eigenvalue weighted by Crippen LogP contribution is -2.35. The minimum absolute atomic E-state index is 0. The van der Waals surface area contributed by atoms with Crippen molar-refractivity contribution in [2.24, 2.45) is 11.7 Å². The van der Waals surface area contributed by atoms with Gasteiger partial charge < -0.3 is 29.6 Å². The van der Waals surface area contributed by atoms with E-state index in [-0.39, 0.29) is 18.3 Å². The fraction of sp³-hybridized carbons (Fsp3) is 0.480. The molecule has 0 aromatic heterocycles. The molecule has 2 aromatic rings. The number of hydrogen-bond donors (Lipinski definition) is 1. The summed E-state index contributed by atoms with van der Waals surface area (Å²) in [5, 5.41) is 0. The molecule has 1 saturated carbocycles. The Hall–Kier alpha value is -2.64. The molecule has 2 N–H and O–H groups in total. The molecule has 7 nitrogen and oxygen atoms in total. The van der Waals surface area contributed by atoms with E-state index in [0.717, 1.165) is 31.4 Å². The molecular weight excluding hydrogens is 444 g/mol. The number of benzene rings is 2. The number of carbonyl (C=O) groups excluding carboxylic acids is 1. The third kappa shape index (κ3) is 4.99. The molecule has 1 heterocycles. The Labute approximate surface area is 201 Å². The highest BCUT2D eigenvalue weighted by molar-refractivity contribution is 5.99. The predicted molar refractivity (Wildman–Crippen MR) is 129 cm³/mol. The van der Waals surface area contributed by atoms with E-state index in [1.807, 2.05) is 29.2 Å². The number of likely N-dealkylation sites (tertiary alicyclic amines) is 1. The van der Waals surface area contributed by atoms with E-state index in [4.69, 9.17) is 24.7 Å². The van der Waals surface area contributed by atoms with E-state index < -0.39 is 0 Å². The molecule has 0 unspecified atom stereocenters. The Kier molecular flexibility index (Phi) is 8.32. The van der Waals surface area contributed by atoms with Crippen LogP contribution in [0, 0.1) is 5.92 Å². The third-order valence-corrected chi connectivity index (χ3v) is 6.49. The zero-order chi connectivity index (χ0) is 22.7. The smallest absolute Gasteiger partial charge is 0.258 e. The molecule has 1 saturated heterocycles. The lowest BCUT2D eigenvalue weighted by molar-refractivity contribution is 0.0728. The molecule has 2 aromatic carbocycles. The number of methoxy groups -OCH3 is 3. The first-order valence-corrected chi connectivity index (χ1v) is 11.2. The highest BCUT2D eigenvalue weighted by Crippen LogP contribution is 2.49. The van der Waals surface area contributed by atoms with Gasteiger partial charge in [0.15, 0.2) is 11.5 Å². The molecule has 0 spiro atoms. The molecule has 2 bridgehead atoms. The Morgan fingerprint density at radius 2 is 1.73 bits per heavy atom. The van der Waals surface area contributed by atoms with E-state index in [1.54, 1.807) is 13.2 Å². The number of rotatable bonds is 8. The zero-order valence-electron chi connectivity index (χ0n) is 19.5. The lowest BCUT2D eigenvalue weighted by Gasteiger charge is -2.26. The number of carbonyl (C=O) groups is 1. The fourth-order valence-electron chi connectivity index (χ4n) is 4.98. The van der Waals surface area contributed by atoms with E-state index in [1.165, 1.54) is 27.1 Å². The van der Waals surface area contributed by atoms with Crippen LogP contribution in [-0.2, 0) is 6.42 Å². The number of fused-ring (bicyclic) bond motifs is 2. The highest BCUT2D eigenvalue weighted by Gasteiger charge is 2.39. The van der Waals surface area contributed by atoms with Gasteiger partial charge in [-0.25, -0.2) is 0 Å². The van der Waals surface area contributed by atoms with Crippen molar-refractivity contribution in [1.82, 2.24) is 4.90 Å². The Balaban J connectivity index is 0.00000306. The molecule has 2 aliphatic rings. The van der Waals surface area contributed by atoms with Crippen molar-refractivity contribution in [3.63, 3.8) is 0 Å². The van der Waals surface area contributed by atoms with Crippen LogP contribution in [0.3, 0.4) is 0 Å². The van der Waals surface area contributed by atoms with Crippen molar-refractivity contribution in [3.8, 4) is 28.7 Å². The summed E-state index contributed by atoms with van der Waals surface area (Å²) < 4.78 is 23.0. The standard InChI is InChI=1S/C25H32N2O5.ClH/c1-29-22-20(25(28)27-15-17-5-4-6-18(27)13-17)14-21(23(30-2)24(22)31-3)32-19-9-7-16(8-10-19)11-12-26;/h7-10,14,17-18H,4-6,11-13,15,26H2,1-3H3;1H/t17-,18+;/m1./s1. The summed E-state index contributed by atoms with van der Waals surface area (Å²) >= 11 is 0. The topological polar surface area (TPSA) is 83.3 Å². The van der Waals surface area contributed by atoms with Gasteiger partial charge in [-0.3, -0.25) is 4.79 Å². The van der Waals surface area contributed by atoms with Crippen molar-refractivity contribution in [1.29, 1.82) is 0 Å². The largest absolute Gasteiger partial charge is 0.492 e. The summed E-state index contributed by atoms with van der Waals surface area (Å²) in [6, 6.07) is 9.72. The van der Waals surface area contributed by atoms with Crippen LogP contribution < -0.4 is 24.7 Å². The van der Waals surface area contributed by atoms with Crippen molar-refractivity contribution in [2.45, 2.75) is 38.1 Å². The SMILES string of the molecule is COc1c(Oc2ccc(CCN)cc2)cc(C(=O)N2C[C@@H]3CCC[C@H]2C3)c(OC)c1OC.Cl. The molecule has 2 fully saturated rings. The number of nitrogens with zero attached hydrogens (tertiary/aromatic N) is 1. The lowest BCUT2D eigenvalue weighted by atomic mass is 9.90. The van der Waals surface area contributed by atoms with Crippen LogP contribution in [0.2, 0.25) is 0 Å². The van der Waals surface area contributed by atoms with E-state index in [9.17, 15) is 4.79 Å². The normalized spacial score (nSPS) is 19.0. The first-order valence-electron chi connectivity index (χ1n) is 11.2. The first kappa shape index (κ1) is 25.0. The molecule has 0 radical (unpaired) electrons. The molecule has 180 valence electrons. The van der Waals surface area contributed by atoms with Gasteiger partial charge in [0.05, 0.1) is 26.9 Å².